The molecule has 2 aliphatic rings. The van der Waals surface area contributed by atoms with Gasteiger partial charge in [-0.15, -0.1) is 23.7 Å². The van der Waals surface area contributed by atoms with Crippen molar-refractivity contribution in [1.29, 1.82) is 0 Å². The van der Waals surface area contributed by atoms with E-state index in [9.17, 15) is 4.79 Å². The second-order valence-corrected chi connectivity index (χ2v) is 6.97. The zero-order valence-corrected chi connectivity index (χ0v) is 14.6. The molecule has 22 heavy (non-hydrogen) atoms. The molecule has 1 fully saturated rings. The predicted molar refractivity (Wildman–Crippen MR) is 92.4 cm³/mol. The number of hydrogen-bond donors (Lipinski definition) is 1. The number of morpholine rings is 1. The van der Waals surface area contributed by atoms with E-state index in [4.69, 9.17) is 4.74 Å². The van der Waals surface area contributed by atoms with Crippen LogP contribution in [0.3, 0.4) is 0 Å². The summed E-state index contributed by atoms with van der Waals surface area (Å²) >= 11 is 1.69. The number of amides is 1. The lowest BCUT2D eigenvalue weighted by atomic mass is 9.99. The summed E-state index contributed by atoms with van der Waals surface area (Å²) in [4.78, 5) is 16.9. The summed E-state index contributed by atoms with van der Waals surface area (Å²) in [5.74, 6) is 0.108. The minimum absolute atomic E-state index is 0. The molecule has 1 aliphatic carbocycles. The van der Waals surface area contributed by atoms with Gasteiger partial charge in [0, 0.05) is 24.5 Å². The van der Waals surface area contributed by atoms with Gasteiger partial charge >= 0.3 is 0 Å². The standard InChI is InChI=1S/C16H24N2O2S.ClH/c19-16(15-12-13-4-1-2-5-14(13)21-15)17-6-3-7-18-8-10-20-11-9-18;/h12H,1-11H2,(H,17,19);1H. The molecule has 0 aromatic carbocycles. The van der Waals surface area contributed by atoms with Crippen LogP contribution in [0.15, 0.2) is 6.07 Å². The fourth-order valence-electron chi connectivity index (χ4n) is 3.02. The molecule has 3 rings (SSSR count). The highest BCUT2D eigenvalue weighted by Gasteiger charge is 2.17. The summed E-state index contributed by atoms with van der Waals surface area (Å²) in [6, 6.07) is 2.11. The first-order chi connectivity index (χ1) is 10.3. The van der Waals surface area contributed by atoms with Crippen molar-refractivity contribution >= 4 is 29.7 Å². The van der Waals surface area contributed by atoms with Crippen molar-refractivity contribution < 1.29 is 9.53 Å². The Kier molecular flexibility index (Phi) is 7.15. The topological polar surface area (TPSA) is 41.6 Å². The molecule has 0 spiro atoms. The molecule has 1 saturated heterocycles. The minimum atomic E-state index is 0. The van der Waals surface area contributed by atoms with Crippen molar-refractivity contribution in [2.75, 3.05) is 39.4 Å². The van der Waals surface area contributed by atoms with E-state index < -0.39 is 0 Å². The molecule has 1 aliphatic heterocycles. The molecule has 6 heteroatoms. The van der Waals surface area contributed by atoms with Crippen LogP contribution in [-0.4, -0.2) is 50.2 Å². The van der Waals surface area contributed by atoms with E-state index in [0.717, 1.165) is 63.5 Å². The predicted octanol–water partition coefficient (Wildman–Crippen LogP) is 2.50. The zero-order chi connectivity index (χ0) is 14.5. The van der Waals surface area contributed by atoms with E-state index in [1.807, 2.05) is 0 Å². The van der Waals surface area contributed by atoms with Crippen LogP contribution in [0.5, 0.6) is 0 Å². The summed E-state index contributed by atoms with van der Waals surface area (Å²) in [7, 11) is 0. The second kappa shape index (κ2) is 8.87. The van der Waals surface area contributed by atoms with Crippen molar-refractivity contribution in [2.24, 2.45) is 0 Å². The van der Waals surface area contributed by atoms with Gasteiger partial charge in [0.2, 0.25) is 0 Å². The SMILES string of the molecule is Cl.O=C(NCCCN1CCOCC1)c1cc2c(s1)CCCC2. The zero-order valence-electron chi connectivity index (χ0n) is 12.9. The summed E-state index contributed by atoms with van der Waals surface area (Å²) in [6.45, 7) is 5.53. The average molecular weight is 345 g/mol. The van der Waals surface area contributed by atoms with Crippen molar-refractivity contribution in [1.82, 2.24) is 10.2 Å². The Hall–Kier alpha value is -0.620. The van der Waals surface area contributed by atoms with Gasteiger partial charge in [-0.25, -0.2) is 0 Å². The van der Waals surface area contributed by atoms with Crippen LogP contribution >= 0.6 is 23.7 Å². The van der Waals surface area contributed by atoms with Crippen LogP contribution in [0.2, 0.25) is 0 Å². The molecular formula is C16H25ClN2O2S. The van der Waals surface area contributed by atoms with Gasteiger partial charge in [-0.2, -0.15) is 0 Å². The smallest absolute Gasteiger partial charge is 0.261 e. The maximum atomic E-state index is 12.2. The lowest BCUT2D eigenvalue weighted by Crippen LogP contribution is -2.38. The number of thiophene rings is 1. The van der Waals surface area contributed by atoms with Crippen LogP contribution in [0.1, 0.15) is 39.4 Å². The highest BCUT2D eigenvalue weighted by atomic mass is 35.5. The normalized spacial score (nSPS) is 18.4. The van der Waals surface area contributed by atoms with Crippen LogP contribution in [0.25, 0.3) is 0 Å². The Balaban J connectivity index is 0.00000176. The third-order valence-electron chi connectivity index (χ3n) is 4.26. The Labute approximate surface area is 142 Å². The molecule has 1 aromatic heterocycles. The monoisotopic (exact) mass is 344 g/mol. The number of nitrogens with one attached hydrogen (secondary N) is 1. The van der Waals surface area contributed by atoms with E-state index in [1.54, 1.807) is 11.3 Å². The highest BCUT2D eigenvalue weighted by Crippen LogP contribution is 2.29. The lowest BCUT2D eigenvalue weighted by Gasteiger charge is -2.26. The molecule has 1 amide bonds. The molecule has 0 radical (unpaired) electrons. The Morgan fingerprint density at radius 3 is 2.82 bits per heavy atom. The van der Waals surface area contributed by atoms with Gasteiger partial charge in [-0.05, 0) is 50.3 Å². The number of fused-ring (bicyclic) bond motifs is 1. The highest BCUT2D eigenvalue weighted by molar-refractivity contribution is 7.14. The number of carbonyl (C=O) groups excluding carboxylic acids is 1. The first-order valence-electron chi connectivity index (χ1n) is 8.03. The van der Waals surface area contributed by atoms with E-state index in [-0.39, 0.29) is 18.3 Å². The van der Waals surface area contributed by atoms with Crippen molar-refractivity contribution in [2.45, 2.75) is 32.1 Å². The fourth-order valence-corrected chi connectivity index (χ4v) is 4.19. The van der Waals surface area contributed by atoms with Crippen LogP contribution in [-0.2, 0) is 17.6 Å². The maximum absolute atomic E-state index is 12.2. The van der Waals surface area contributed by atoms with Gasteiger partial charge in [-0.1, -0.05) is 0 Å². The summed E-state index contributed by atoms with van der Waals surface area (Å²) < 4.78 is 5.33. The Bertz CT molecular complexity index is 463. The first kappa shape index (κ1) is 17.7. The molecule has 124 valence electrons. The van der Waals surface area contributed by atoms with Gasteiger partial charge in [0.1, 0.15) is 0 Å². The molecular weight excluding hydrogens is 320 g/mol. The quantitative estimate of drug-likeness (QED) is 0.834. The van der Waals surface area contributed by atoms with Crippen LogP contribution < -0.4 is 5.32 Å². The third kappa shape index (κ3) is 4.69. The number of ether oxygens (including phenoxy) is 1. The minimum Gasteiger partial charge on any atom is -0.379 e. The van der Waals surface area contributed by atoms with Crippen LogP contribution in [0, 0.1) is 0 Å². The van der Waals surface area contributed by atoms with Crippen LogP contribution in [0.4, 0.5) is 0 Å². The molecule has 0 bridgehead atoms. The van der Waals surface area contributed by atoms with Gasteiger partial charge in [-0.3, -0.25) is 9.69 Å². The largest absolute Gasteiger partial charge is 0.379 e. The number of aryl methyl sites for hydroxylation is 2. The first-order valence-corrected chi connectivity index (χ1v) is 8.84. The summed E-state index contributed by atoms with van der Waals surface area (Å²) in [5.41, 5.74) is 1.41. The van der Waals surface area contributed by atoms with E-state index in [2.05, 4.69) is 16.3 Å². The third-order valence-corrected chi connectivity index (χ3v) is 5.50. The molecule has 4 nitrogen and oxygen atoms in total. The average Bonchev–Trinajstić information content (AvgIpc) is 2.96. The maximum Gasteiger partial charge on any atom is 0.261 e. The second-order valence-electron chi connectivity index (χ2n) is 5.83. The van der Waals surface area contributed by atoms with Gasteiger partial charge in [0.25, 0.3) is 5.91 Å². The molecule has 0 atom stereocenters. The molecule has 0 saturated carbocycles. The number of hydrogen-bond acceptors (Lipinski definition) is 4. The van der Waals surface area contributed by atoms with Gasteiger partial charge in [0.15, 0.2) is 0 Å². The summed E-state index contributed by atoms with van der Waals surface area (Å²) in [6.07, 6.45) is 5.86. The number of carbonyl (C=O) groups is 1. The molecule has 1 aromatic rings. The molecule has 0 unspecified atom stereocenters. The Morgan fingerprint density at radius 1 is 1.27 bits per heavy atom. The van der Waals surface area contributed by atoms with Gasteiger partial charge in [0.05, 0.1) is 18.1 Å². The van der Waals surface area contributed by atoms with Gasteiger partial charge < -0.3 is 10.1 Å². The van der Waals surface area contributed by atoms with E-state index in [0.29, 0.717) is 0 Å². The fraction of sp³-hybridized carbons (Fsp3) is 0.688. The van der Waals surface area contributed by atoms with Crippen molar-refractivity contribution in [3.8, 4) is 0 Å². The van der Waals surface area contributed by atoms with E-state index in [1.165, 1.54) is 23.3 Å². The van der Waals surface area contributed by atoms with Crippen molar-refractivity contribution in [3.05, 3.63) is 21.4 Å². The number of rotatable bonds is 5. The van der Waals surface area contributed by atoms with Crippen molar-refractivity contribution in [3.63, 3.8) is 0 Å². The summed E-state index contributed by atoms with van der Waals surface area (Å²) in [5, 5.41) is 3.06. The number of nitrogens with zero attached hydrogens (tertiary/aromatic N) is 1. The molecule has 1 N–H and O–H groups in total. The molecule has 2 heterocycles. The number of halogens is 1. The lowest BCUT2D eigenvalue weighted by molar-refractivity contribution is 0.0374. The van der Waals surface area contributed by atoms with E-state index >= 15 is 0 Å². The Morgan fingerprint density at radius 2 is 2.05 bits per heavy atom.